The summed E-state index contributed by atoms with van der Waals surface area (Å²) in [6.45, 7) is 2.37. The number of hydrogen-bond donors (Lipinski definition) is 0. The van der Waals surface area contributed by atoms with Crippen molar-refractivity contribution >= 4 is 5.78 Å². The molecule has 0 aromatic heterocycles. The second-order valence-corrected chi connectivity index (χ2v) is 6.26. The number of ketones is 1. The van der Waals surface area contributed by atoms with Crippen molar-refractivity contribution in [2.45, 2.75) is 51.0 Å². The van der Waals surface area contributed by atoms with Gasteiger partial charge in [0.15, 0.2) is 5.78 Å². The molecule has 1 unspecified atom stereocenters. The predicted octanol–water partition coefficient (Wildman–Crippen LogP) is 4.06. The second-order valence-electron chi connectivity index (χ2n) is 6.26. The third kappa shape index (κ3) is 2.51. The Morgan fingerprint density at radius 1 is 1.35 bits per heavy atom. The summed E-state index contributed by atoms with van der Waals surface area (Å²) in [5.74, 6) is -0.221. The van der Waals surface area contributed by atoms with Crippen LogP contribution >= 0.6 is 0 Å². The van der Waals surface area contributed by atoms with Gasteiger partial charge in [-0.3, -0.25) is 4.79 Å². The van der Waals surface area contributed by atoms with Crippen LogP contribution in [-0.4, -0.2) is 18.0 Å². The van der Waals surface area contributed by atoms with Crippen LogP contribution in [0.1, 0.15) is 54.4 Å². The molecule has 1 spiro atoms. The van der Waals surface area contributed by atoms with Crippen LogP contribution < -0.4 is 0 Å². The lowest BCUT2D eigenvalue weighted by molar-refractivity contribution is -0.0866. The molecule has 3 rings (SSSR count). The summed E-state index contributed by atoms with van der Waals surface area (Å²) in [6, 6.07) is 4.82. The lowest BCUT2D eigenvalue weighted by Gasteiger charge is -2.37. The summed E-state index contributed by atoms with van der Waals surface area (Å²) >= 11 is 0. The molecule has 1 saturated heterocycles. The third-order valence-corrected chi connectivity index (χ3v) is 4.83. The molecule has 1 atom stereocenters. The normalized spacial score (nSPS) is 25.0. The van der Waals surface area contributed by atoms with E-state index < -0.39 is 0 Å². The summed E-state index contributed by atoms with van der Waals surface area (Å²) in [5.41, 5.74) is 1.02. The molecule has 2 nitrogen and oxygen atoms in total. The van der Waals surface area contributed by atoms with E-state index in [-0.39, 0.29) is 23.1 Å². The standard InChI is InChI=1S/C17H21FO2/c1-12-4-5-13(10-15(12)18)16(19)14-6-9-20-17(11-14)7-2-3-8-17/h4-5,10,14H,2-3,6-9,11H2,1H3. The minimum atomic E-state index is -0.293. The first-order valence-corrected chi connectivity index (χ1v) is 7.54. The molecule has 0 radical (unpaired) electrons. The maximum atomic E-state index is 13.6. The predicted molar refractivity (Wildman–Crippen MR) is 75.3 cm³/mol. The average molecular weight is 276 g/mol. The fourth-order valence-electron chi connectivity index (χ4n) is 3.60. The van der Waals surface area contributed by atoms with Crippen molar-refractivity contribution in [1.82, 2.24) is 0 Å². The monoisotopic (exact) mass is 276 g/mol. The van der Waals surface area contributed by atoms with Crippen LogP contribution in [0.4, 0.5) is 4.39 Å². The fraction of sp³-hybridized carbons (Fsp3) is 0.588. The Morgan fingerprint density at radius 2 is 2.10 bits per heavy atom. The van der Waals surface area contributed by atoms with Crippen molar-refractivity contribution < 1.29 is 13.9 Å². The van der Waals surface area contributed by atoms with Crippen LogP contribution in [0, 0.1) is 18.7 Å². The second kappa shape index (κ2) is 5.28. The van der Waals surface area contributed by atoms with Gasteiger partial charge in [-0.25, -0.2) is 4.39 Å². The van der Waals surface area contributed by atoms with E-state index >= 15 is 0 Å². The van der Waals surface area contributed by atoms with Crippen LogP contribution in [-0.2, 0) is 4.74 Å². The molecule has 1 aliphatic heterocycles. The SMILES string of the molecule is Cc1ccc(C(=O)C2CCOC3(CCCC3)C2)cc1F. The Morgan fingerprint density at radius 3 is 2.80 bits per heavy atom. The van der Waals surface area contributed by atoms with Crippen LogP contribution in [0.5, 0.6) is 0 Å². The first kappa shape index (κ1) is 13.7. The Hall–Kier alpha value is -1.22. The largest absolute Gasteiger partial charge is 0.375 e. The summed E-state index contributed by atoms with van der Waals surface area (Å²) in [4.78, 5) is 12.6. The highest BCUT2D eigenvalue weighted by atomic mass is 19.1. The molecule has 1 aliphatic carbocycles. The van der Waals surface area contributed by atoms with E-state index in [4.69, 9.17) is 4.74 Å². The van der Waals surface area contributed by atoms with Crippen LogP contribution in [0.2, 0.25) is 0 Å². The maximum absolute atomic E-state index is 13.6. The van der Waals surface area contributed by atoms with Crippen molar-refractivity contribution in [2.24, 2.45) is 5.92 Å². The van der Waals surface area contributed by atoms with E-state index in [1.807, 2.05) is 0 Å². The van der Waals surface area contributed by atoms with Gasteiger partial charge in [0, 0.05) is 18.1 Å². The quantitative estimate of drug-likeness (QED) is 0.761. The highest BCUT2D eigenvalue weighted by Crippen LogP contribution is 2.42. The minimum Gasteiger partial charge on any atom is -0.375 e. The number of carbonyl (C=O) groups excluding carboxylic acids is 1. The van der Waals surface area contributed by atoms with Gasteiger partial charge in [0.05, 0.1) is 5.60 Å². The molecule has 2 aliphatic rings. The molecule has 2 fully saturated rings. The molecule has 1 heterocycles. The Kier molecular flexibility index (Phi) is 3.63. The van der Waals surface area contributed by atoms with Gasteiger partial charge in [-0.2, -0.15) is 0 Å². The van der Waals surface area contributed by atoms with E-state index in [0.29, 0.717) is 17.7 Å². The first-order chi connectivity index (χ1) is 9.60. The van der Waals surface area contributed by atoms with E-state index in [0.717, 1.165) is 25.7 Å². The van der Waals surface area contributed by atoms with Crippen molar-refractivity contribution in [3.63, 3.8) is 0 Å². The fourth-order valence-corrected chi connectivity index (χ4v) is 3.60. The lowest BCUT2D eigenvalue weighted by Crippen LogP contribution is -2.39. The Balaban J connectivity index is 1.77. The summed E-state index contributed by atoms with van der Waals surface area (Å²) in [7, 11) is 0. The van der Waals surface area contributed by atoms with Gasteiger partial charge >= 0.3 is 0 Å². The van der Waals surface area contributed by atoms with Gasteiger partial charge in [-0.1, -0.05) is 25.0 Å². The van der Waals surface area contributed by atoms with Crippen molar-refractivity contribution in [3.8, 4) is 0 Å². The van der Waals surface area contributed by atoms with Crippen LogP contribution in [0.25, 0.3) is 0 Å². The number of ether oxygens (including phenoxy) is 1. The maximum Gasteiger partial charge on any atom is 0.166 e. The van der Waals surface area contributed by atoms with Gasteiger partial charge in [0.25, 0.3) is 0 Å². The van der Waals surface area contributed by atoms with Crippen LogP contribution in [0.15, 0.2) is 18.2 Å². The van der Waals surface area contributed by atoms with Crippen LogP contribution in [0.3, 0.4) is 0 Å². The molecular formula is C17H21FO2. The number of Topliss-reactive ketones (excluding diaryl/α,β-unsaturated/α-hetero) is 1. The van der Waals surface area contributed by atoms with E-state index in [2.05, 4.69) is 0 Å². The van der Waals surface area contributed by atoms with E-state index in [9.17, 15) is 9.18 Å². The zero-order chi connectivity index (χ0) is 14.2. The number of halogens is 1. The van der Waals surface area contributed by atoms with Gasteiger partial charge in [0.1, 0.15) is 5.82 Å². The number of aryl methyl sites for hydroxylation is 1. The van der Waals surface area contributed by atoms with Gasteiger partial charge in [-0.15, -0.1) is 0 Å². The van der Waals surface area contributed by atoms with Crippen molar-refractivity contribution in [2.75, 3.05) is 6.61 Å². The highest BCUT2D eigenvalue weighted by Gasteiger charge is 2.42. The molecule has 3 heteroatoms. The molecule has 20 heavy (non-hydrogen) atoms. The first-order valence-electron chi connectivity index (χ1n) is 7.54. The molecule has 0 N–H and O–H groups in total. The zero-order valence-corrected chi connectivity index (χ0v) is 12.0. The highest BCUT2D eigenvalue weighted by molar-refractivity contribution is 5.98. The van der Waals surface area contributed by atoms with Crippen molar-refractivity contribution in [1.29, 1.82) is 0 Å². The third-order valence-electron chi connectivity index (χ3n) is 4.83. The average Bonchev–Trinajstić information content (AvgIpc) is 2.89. The summed E-state index contributed by atoms with van der Waals surface area (Å²) < 4.78 is 19.6. The zero-order valence-electron chi connectivity index (χ0n) is 12.0. The number of carbonyl (C=O) groups is 1. The number of benzene rings is 1. The van der Waals surface area contributed by atoms with Gasteiger partial charge < -0.3 is 4.74 Å². The van der Waals surface area contributed by atoms with Gasteiger partial charge in [-0.05, 0) is 44.2 Å². The Labute approximate surface area is 119 Å². The summed E-state index contributed by atoms with van der Waals surface area (Å²) in [5, 5.41) is 0. The Bertz CT molecular complexity index is 518. The topological polar surface area (TPSA) is 26.3 Å². The van der Waals surface area contributed by atoms with Gasteiger partial charge in [0.2, 0.25) is 0 Å². The van der Waals surface area contributed by atoms with Crippen molar-refractivity contribution in [3.05, 3.63) is 35.1 Å². The number of hydrogen-bond acceptors (Lipinski definition) is 2. The molecule has 0 bridgehead atoms. The minimum absolute atomic E-state index is 0.0102. The smallest absolute Gasteiger partial charge is 0.166 e. The van der Waals surface area contributed by atoms with E-state index in [1.54, 1.807) is 19.1 Å². The molecule has 1 aromatic carbocycles. The van der Waals surface area contributed by atoms with E-state index in [1.165, 1.54) is 18.9 Å². The number of rotatable bonds is 2. The molecule has 1 saturated carbocycles. The molecule has 1 aromatic rings. The molecular weight excluding hydrogens is 255 g/mol. The molecule has 108 valence electrons. The molecule has 0 amide bonds. The summed E-state index contributed by atoms with van der Waals surface area (Å²) in [6.07, 6.45) is 6.09. The lowest BCUT2D eigenvalue weighted by atomic mass is 9.80.